The van der Waals surface area contributed by atoms with Crippen LogP contribution < -0.4 is 20.7 Å². The number of pyridine rings is 2. The van der Waals surface area contributed by atoms with E-state index in [1.165, 1.54) is 17.2 Å². The molecule has 2 atom stereocenters. The first kappa shape index (κ1) is 39.6. The number of carbonyl (C=O) groups excluding carboxylic acids is 2. The summed E-state index contributed by atoms with van der Waals surface area (Å²) in [5, 5.41) is 10.8. The van der Waals surface area contributed by atoms with Crippen molar-refractivity contribution < 1.29 is 23.5 Å². The number of aromatic nitrogens is 2. The molecule has 5 aromatic rings. The van der Waals surface area contributed by atoms with Gasteiger partial charge in [-0.05, 0) is 92.1 Å². The molecule has 4 heterocycles. The number of rotatable bonds is 11. The molecule has 3 aliphatic rings. The van der Waals surface area contributed by atoms with E-state index in [1.54, 1.807) is 12.3 Å². The van der Waals surface area contributed by atoms with E-state index in [2.05, 4.69) is 73.8 Å². The van der Waals surface area contributed by atoms with Crippen molar-refractivity contribution in [2.45, 2.75) is 76.8 Å². The Labute approximate surface area is 339 Å². The van der Waals surface area contributed by atoms with Crippen LogP contribution in [0, 0.1) is 5.82 Å². The Hall–Kier alpha value is -5.27. The molecule has 3 aromatic carbocycles. The fraction of sp³-hybridized carbons (Fsp3) is 0.391. The lowest BCUT2D eigenvalue weighted by atomic mass is 9.90. The van der Waals surface area contributed by atoms with Crippen molar-refractivity contribution in [1.82, 2.24) is 35.7 Å². The van der Waals surface area contributed by atoms with Crippen molar-refractivity contribution in [1.29, 1.82) is 0 Å². The predicted molar refractivity (Wildman–Crippen MR) is 222 cm³/mol. The zero-order valence-electron chi connectivity index (χ0n) is 33.3. The molecular weight excluding hydrogens is 734 g/mol. The third-order valence-corrected chi connectivity index (χ3v) is 11.4. The van der Waals surface area contributed by atoms with E-state index in [0.717, 1.165) is 75.2 Å². The van der Waals surface area contributed by atoms with Crippen LogP contribution in [0.3, 0.4) is 0 Å². The number of para-hydroxylation sites is 1. The van der Waals surface area contributed by atoms with Gasteiger partial charge in [-0.1, -0.05) is 48.5 Å². The van der Waals surface area contributed by atoms with E-state index in [-0.39, 0.29) is 29.4 Å². The molecular formula is C46H52FN7O4. The summed E-state index contributed by atoms with van der Waals surface area (Å²) in [6.07, 6.45) is 5.45. The maximum Gasteiger partial charge on any atom is 0.257 e. The number of fused-ring (bicyclic) bond motifs is 1. The van der Waals surface area contributed by atoms with E-state index < -0.39 is 11.7 Å². The average Bonchev–Trinajstić information content (AvgIpc) is 3.22. The maximum absolute atomic E-state index is 14.6. The SMILES string of the molecule is C[C@@H]1CN(Cc2ccc(-c3cccc(Oc4ncc(F)cc4C(=O)N[C@H]4CC[C@@H](NC(=O)c5cccc6cccnc56)CC4)c3)c(CN3CCOCC3)c2)C[C@H](C)N1. The summed E-state index contributed by atoms with van der Waals surface area (Å²) in [6.45, 7) is 11.4. The molecule has 0 spiro atoms. The minimum absolute atomic E-state index is 0.0261. The number of carbonyl (C=O) groups is 2. The topological polar surface area (TPSA) is 121 Å². The number of nitrogens with one attached hydrogen (secondary N) is 3. The van der Waals surface area contributed by atoms with Gasteiger partial charge < -0.3 is 25.4 Å². The molecule has 0 bridgehead atoms. The van der Waals surface area contributed by atoms with Crippen molar-refractivity contribution in [3.8, 4) is 22.8 Å². The van der Waals surface area contributed by atoms with Crippen molar-refractivity contribution in [2.24, 2.45) is 0 Å². The van der Waals surface area contributed by atoms with Gasteiger partial charge in [0.25, 0.3) is 11.8 Å². The van der Waals surface area contributed by atoms with Gasteiger partial charge in [-0.25, -0.2) is 9.37 Å². The summed E-state index contributed by atoms with van der Waals surface area (Å²) in [4.78, 5) is 40.5. The molecule has 2 amide bonds. The lowest BCUT2D eigenvalue weighted by Gasteiger charge is -2.36. The van der Waals surface area contributed by atoms with E-state index in [0.29, 0.717) is 54.6 Å². The van der Waals surface area contributed by atoms with Gasteiger partial charge in [-0.2, -0.15) is 0 Å². The van der Waals surface area contributed by atoms with Gasteiger partial charge in [0.05, 0.1) is 30.5 Å². The van der Waals surface area contributed by atoms with Gasteiger partial charge in [-0.3, -0.25) is 24.4 Å². The van der Waals surface area contributed by atoms with Crippen LogP contribution >= 0.6 is 0 Å². The Morgan fingerprint density at radius 2 is 1.52 bits per heavy atom. The van der Waals surface area contributed by atoms with Crippen LogP contribution in [-0.2, 0) is 17.8 Å². The summed E-state index contributed by atoms with van der Waals surface area (Å²) >= 11 is 0. The molecule has 12 heteroatoms. The Morgan fingerprint density at radius 3 is 2.28 bits per heavy atom. The van der Waals surface area contributed by atoms with E-state index in [9.17, 15) is 14.0 Å². The molecule has 1 aliphatic carbocycles. The highest BCUT2D eigenvalue weighted by Gasteiger charge is 2.27. The minimum atomic E-state index is -0.627. The Kier molecular flexibility index (Phi) is 12.4. The number of amides is 2. The number of hydrogen-bond acceptors (Lipinski definition) is 9. The first-order valence-electron chi connectivity index (χ1n) is 20.5. The van der Waals surface area contributed by atoms with Crippen LogP contribution in [0.25, 0.3) is 22.0 Å². The van der Waals surface area contributed by atoms with Crippen molar-refractivity contribution in [3.05, 3.63) is 119 Å². The lowest BCUT2D eigenvalue weighted by molar-refractivity contribution is 0.0342. The lowest BCUT2D eigenvalue weighted by Crippen LogP contribution is -2.53. The fourth-order valence-electron chi connectivity index (χ4n) is 8.69. The Bertz CT molecular complexity index is 2220. The molecule has 302 valence electrons. The van der Waals surface area contributed by atoms with Gasteiger partial charge in [0.2, 0.25) is 5.88 Å². The average molecular weight is 786 g/mol. The second kappa shape index (κ2) is 18.1. The molecule has 11 nitrogen and oxygen atoms in total. The number of benzene rings is 3. The molecule has 2 aliphatic heterocycles. The molecule has 2 aromatic heterocycles. The number of hydrogen-bond donors (Lipinski definition) is 3. The van der Waals surface area contributed by atoms with Gasteiger partial charge in [-0.15, -0.1) is 0 Å². The van der Waals surface area contributed by atoms with Crippen LogP contribution in [-0.4, -0.2) is 95.1 Å². The normalized spacial score (nSPS) is 21.7. The molecule has 58 heavy (non-hydrogen) atoms. The number of halogens is 1. The van der Waals surface area contributed by atoms with Gasteiger partial charge in [0.1, 0.15) is 17.1 Å². The molecule has 3 N–H and O–H groups in total. The van der Waals surface area contributed by atoms with Crippen LogP contribution in [0.2, 0.25) is 0 Å². The number of piperazine rings is 1. The van der Waals surface area contributed by atoms with Crippen molar-refractivity contribution in [2.75, 3.05) is 39.4 Å². The molecule has 2 saturated heterocycles. The smallest absolute Gasteiger partial charge is 0.257 e. The second-order valence-electron chi connectivity index (χ2n) is 16.1. The fourth-order valence-corrected chi connectivity index (χ4v) is 8.69. The summed E-state index contributed by atoms with van der Waals surface area (Å²) < 4.78 is 26.5. The maximum atomic E-state index is 14.6. The monoisotopic (exact) mass is 785 g/mol. The standard InChI is InChI=1S/C46H52FN7O4/c1-30-26-54(27-31(2)50-30)28-32-11-16-40(35(22-32)29-53-18-20-57-21-19-53)34-7-3-9-39(23-34)58-46-42(24-36(47)25-49-46)45(56)52-38-14-12-37(13-15-38)51-44(55)41-10-4-6-33-8-5-17-48-43(33)41/h3-11,16-17,22-25,30-31,37-38,50H,12-15,18-21,26-29H2,1-2H3,(H,51,55)(H,52,56)/t30-,31+,37-,38+. The van der Waals surface area contributed by atoms with Crippen molar-refractivity contribution in [3.63, 3.8) is 0 Å². The molecule has 0 unspecified atom stereocenters. The van der Waals surface area contributed by atoms with Gasteiger partial charge in [0, 0.05) is 75.0 Å². The molecule has 8 rings (SSSR count). The molecule has 0 radical (unpaired) electrons. The summed E-state index contributed by atoms with van der Waals surface area (Å²) in [7, 11) is 0. The molecule has 3 fully saturated rings. The van der Waals surface area contributed by atoms with E-state index in [4.69, 9.17) is 9.47 Å². The third-order valence-electron chi connectivity index (χ3n) is 11.4. The van der Waals surface area contributed by atoms with Crippen LogP contribution in [0.15, 0.2) is 91.3 Å². The summed E-state index contributed by atoms with van der Waals surface area (Å²) in [6, 6.07) is 25.8. The number of nitrogens with zero attached hydrogens (tertiary/aromatic N) is 4. The number of ether oxygens (including phenoxy) is 2. The van der Waals surface area contributed by atoms with E-state index >= 15 is 0 Å². The van der Waals surface area contributed by atoms with Crippen LogP contribution in [0.1, 0.15) is 71.4 Å². The minimum Gasteiger partial charge on any atom is -0.438 e. The predicted octanol–water partition coefficient (Wildman–Crippen LogP) is 6.71. The first-order valence-corrected chi connectivity index (χ1v) is 20.5. The molecule has 1 saturated carbocycles. The van der Waals surface area contributed by atoms with Crippen LogP contribution in [0.5, 0.6) is 11.6 Å². The zero-order chi connectivity index (χ0) is 40.0. The van der Waals surface area contributed by atoms with Crippen molar-refractivity contribution >= 4 is 22.7 Å². The third kappa shape index (κ3) is 9.70. The van der Waals surface area contributed by atoms with Crippen LogP contribution in [0.4, 0.5) is 4.39 Å². The first-order chi connectivity index (χ1) is 28.2. The Balaban J connectivity index is 0.938. The quantitative estimate of drug-likeness (QED) is 0.134. The highest BCUT2D eigenvalue weighted by Crippen LogP contribution is 2.32. The zero-order valence-corrected chi connectivity index (χ0v) is 33.3. The highest BCUT2D eigenvalue weighted by atomic mass is 19.1. The van der Waals surface area contributed by atoms with Gasteiger partial charge in [0.15, 0.2) is 0 Å². The van der Waals surface area contributed by atoms with E-state index in [1.807, 2.05) is 42.5 Å². The van der Waals surface area contributed by atoms with Gasteiger partial charge >= 0.3 is 0 Å². The Morgan fingerprint density at radius 1 is 0.810 bits per heavy atom. The summed E-state index contributed by atoms with van der Waals surface area (Å²) in [5.74, 6) is -0.714. The largest absolute Gasteiger partial charge is 0.438 e. The second-order valence-corrected chi connectivity index (χ2v) is 16.1. The highest BCUT2D eigenvalue weighted by molar-refractivity contribution is 6.05. The number of morpholine rings is 1. The summed E-state index contributed by atoms with van der Waals surface area (Å²) in [5.41, 5.74) is 5.83.